The molecule has 0 aliphatic rings. The average molecular weight is 332 g/mol. The third-order valence-corrected chi connectivity index (χ3v) is 4.66. The Labute approximate surface area is 141 Å². The molecule has 0 saturated heterocycles. The number of hydrogen-bond donors (Lipinski definition) is 2. The van der Waals surface area contributed by atoms with Crippen LogP contribution in [0.2, 0.25) is 0 Å². The minimum absolute atomic E-state index is 0.0663. The number of benzene rings is 1. The van der Waals surface area contributed by atoms with Crippen molar-refractivity contribution >= 4 is 22.9 Å². The minimum Gasteiger partial charge on any atom is -0.395 e. The number of thiophene rings is 1. The second kappa shape index (κ2) is 8.82. The van der Waals surface area contributed by atoms with Gasteiger partial charge in [-0.25, -0.2) is 0 Å². The number of rotatable bonds is 8. The van der Waals surface area contributed by atoms with E-state index in [2.05, 4.69) is 34.7 Å². The highest BCUT2D eigenvalue weighted by Gasteiger charge is 2.17. The molecule has 0 aliphatic carbocycles. The molecule has 0 bridgehead atoms. The van der Waals surface area contributed by atoms with Crippen LogP contribution < -0.4 is 5.32 Å². The van der Waals surface area contributed by atoms with Crippen LogP contribution in [-0.2, 0) is 17.9 Å². The third-order valence-electron chi connectivity index (χ3n) is 3.80. The fraction of sp³-hybridized carbons (Fsp3) is 0.389. The van der Waals surface area contributed by atoms with Crippen LogP contribution in [-0.4, -0.2) is 28.6 Å². The number of aliphatic hydroxyl groups is 1. The van der Waals surface area contributed by atoms with Gasteiger partial charge < -0.3 is 10.4 Å². The maximum atomic E-state index is 11.1. The molecule has 0 fully saturated rings. The largest absolute Gasteiger partial charge is 0.395 e. The van der Waals surface area contributed by atoms with Crippen molar-refractivity contribution in [3.8, 4) is 0 Å². The van der Waals surface area contributed by atoms with Crippen LogP contribution in [0.5, 0.6) is 0 Å². The average Bonchev–Trinajstić information content (AvgIpc) is 3.03. The lowest BCUT2D eigenvalue weighted by molar-refractivity contribution is -0.114. The lowest BCUT2D eigenvalue weighted by atomic mass is 10.1. The van der Waals surface area contributed by atoms with Crippen LogP contribution in [0.25, 0.3) is 0 Å². The molecule has 0 unspecified atom stereocenters. The van der Waals surface area contributed by atoms with Crippen LogP contribution >= 0.6 is 11.3 Å². The molecule has 0 radical (unpaired) electrons. The SMILES string of the molecule is CC[C@@H](CO)N(Cc1ccc(NC(C)=O)cc1)Cc1cccs1. The molecule has 23 heavy (non-hydrogen) atoms. The Balaban J connectivity index is 2.08. The van der Waals surface area contributed by atoms with Gasteiger partial charge in [-0.2, -0.15) is 0 Å². The molecule has 2 aromatic rings. The normalized spacial score (nSPS) is 12.3. The van der Waals surface area contributed by atoms with E-state index in [4.69, 9.17) is 0 Å². The number of aliphatic hydroxyl groups excluding tert-OH is 1. The second-order valence-electron chi connectivity index (χ2n) is 5.61. The number of nitrogens with zero attached hydrogens (tertiary/aromatic N) is 1. The first kappa shape index (κ1) is 17.7. The lowest BCUT2D eigenvalue weighted by Crippen LogP contribution is -2.36. The van der Waals surface area contributed by atoms with Crippen molar-refractivity contribution in [3.05, 3.63) is 52.2 Å². The Morgan fingerprint density at radius 2 is 2.00 bits per heavy atom. The van der Waals surface area contributed by atoms with Crippen molar-refractivity contribution in [2.45, 2.75) is 39.4 Å². The summed E-state index contributed by atoms with van der Waals surface area (Å²) in [4.78, 5) is 14.7. The zero-order chi connectivity index (χ0) is 16.7. The van der Waals surface area contributed by atoms with E-state index in [1.807, 2.05) is 24.3 Å². The topological polar surface area (TPSA) is 52.6 Å². The van der Waals surface area contributed by atoms with Gasteiger partial charge in [-0.3, -0.25) is 9.69 Å². The van der Waals surface area contributed by atoms with E-state index in [0.29, 0.717) is 0 Å². The molecular formula is C18H24N2O2S. The Morgan fingerprint density at radius 1 is 1.26 bits per heavy atom. The molecule has 0 spiro atoms. The Kier molecular flexibility index (Phi) is 6.77. The summed E-state index contributed by atoms with van der Waals surface area (Å²) in [6.45, 7) is 5.37. The molecule has 124 valence electrons. The maximum absolute atomic E-state index is 11.1. The summed E-state index contributed by atoms with van der Waals surface area (Å²) in [5, 5.41) is 14.5. The van der Waals surface area contributed by atoms with E-state index in [1.54, 1.807) is 11.3 Å². The van der Waals surface area contributed by atoms with Gasteiger partial charge in [0.05, 0.1) is 6.61 Å². The van der Waals surface area contributed by atoms with Gasteiger partial charge in [0.2, 0.25) is 5.91 Å². The standard InChI is InChI=1S/C18H24N2O2S/c1-3-17(13-21)20(12-18-5-4-10-23-18)11-15-6-8-16(9-7-15)19-14(2)22/h4-10,17,21H,3,11-13H2,1-2H3,(H,19,22)/t17-/m0/s1. The van der Waals surface area contributed by atoms with Gasteiger partial charge >= 0.3 is 0 Å². The number of carbonyl (C=O) groups excluding carboxylic acids is 1. The summed E-state index contributed by atoms with van der Waals surface area (Å²) >= 11 is 1.74. The highest BCUT2D eigenvalue weighted by Crippen LogP contribution is 2.19. The van der Waals surface area contributed by atoms with Gasteiger partial charge in [0.25, 0.3) is 0 Å². The molecule has 1 aromatic heterocycles. The Morgan fingerprint density at radius 3 is 2.52 bits per heavy atom. The Hall–Kier alpha value is -1.69. The molecule has 1 atom stereocenters. The van der Waals surface area contributed by atoms with E-state index in [-0.39, 0.29) is 18.6 Å². The first-order valence-corrected chi connectivity index (χ1v) is 8.74. The molecule has 5 heteroatoms. The molecule has 2 N–H and O–H groups in total. The smallest absolute Gasteiger partial charge is 0.221 e. The van der Waals surface area contributed by atoms with Gasteiger partial charge in [0.15, 0.2) is 0 Å². The molecule has 0 aliphatic heterocycles. The van der Waals surface area contributed by atoms with Gasteiger partial charge in [-0.05, 0) is 35.6 Å². The van der Waals surface area contributed by atoms with Crippen molar-refractivity contribution in [3.63, 3.8) is 0 Å². The monoisotopic (exact) mass is 332 g/mol. The fourth-order valence-electron chi connectivity index (χ4n) is 2.55. The zero-order valence-electron chi connectivity index (χ0n) is 13.7. The number of amides is 1. The van der Waals surface area contributed by atoms with Gasteiger partial charge in [0.1, 0.15) is 0 Å². The second-order valence-corrected chi connectivity index (χ2v) is 6.64. The van der Waals surface area contributed by atoms with Crippen LogP contribution in [0.3, 0.4) is 0 Å². The fourth-order valence-corrected chi connectivity index (χ4v) is 3.28. The summed E-state index contributed by atoms with van der Waals surface area (Å²) in [5.41, 5.74) is 1.97. The first-order valence-electron chi connectivity index (χ1n) is 7.86. The molecule has 1 aromatic carbocycles. The first-order chi connectivity index (χ1) is 11.1. The van der Waals surface area contributed by atoms with E-state index in [0.717, 1.165) is 25.2 Å². The molecular weight excluding hydrogens is 308 g/mol. The van der Waals surface area contributed by atoms with Crippen LogP contribution in [0.1, 0.15) is 30.7 Å². The number of hydrogen-bond acceptors (Lipinski definition) is 4. The predicted molar refractivity (Wildman–Crippen MR) is 95.5 cm³/mol. The van der Waals surface area contributed by atoms with E-state index in [9.17, 15) is 9.90 Å². The highest BCUT2D eigenvalue weighted by molar-refractivity contribution is 7.09. The summed E-state index contributed by atoms with van der Waals surface area (Å²) in [6.07, 6.45) is 0.909. The van der Waals surface area contributed by atoms with Crippen molar-refractivity contribution < 1.29 is 9.90 Å². The van der Waals surface area contributed by atoms with Gasteiger partial charge in [-0.1, -0.05) is 25.1 Å². The summed E-state index contributed by atoms with van der Waals surface area (Å²) in [5.74, 6) is -0.0663. The van der Waals surface area contributed by atoms with Gasteiger partial charge in [-0.15, -0.1) is 11.3 Å². The van der Waals surface area contributed by atoms with Crippen molar-refractivity contribution in [2.24, 2.45) is 0 Å². The van der Waals surface area contributed by atoms with Crippen LogP contribution in [0, 0.1) is 0 Å². The molecule has 1 heterocycles. The van der Waals surface area contributed by atoms with Crippen molar-refractivity contribution in [2.75, 3.05) is 11.9 Å². The quantitative estimate of drug-likeness (QED) is 0.778. The van der Waals surface area contributed by atoms with Crippen LogP contribution in [0.15, 0.2) is 41.8 Å². The molecule has 4 nitrogen and oxygen atoms in total. The van der Waals surface area contributed by atoms with Gasteiger partial charge in [0, 0.05) is 36.6 Å². The van der Waals surface area contributed by atoms with Crippen molar-refractivity contribution in [1.29, 1.82) is 0 Å². The minimum atomic E-state index is -0.0663. The van der Waals surface area contributed by atoms with Crippen molar-refractivity contribution in [1.82, 2.24) is 4.90 Å². The predicted octanol–water partition coefficient (Wildman–Crippen LogP) is 3.48. The van der Waals surface area contributed by atoms with E-state index in [1.165, 1.54) is 17.4 Å². The summed E-state index contributed by atoms with van der Waals surface area (Å²) in [7, 11) is 0. The lowest BCUT2D eigenvalue weighted by Gasteiger charge is -2.29. The third kappa shape index (κ3) is 5.46. The molecule has 1 amide bonds. The van der Waals surface area contributed by atoms with Crippen LogP contribution in [0.4, 0.5) is 5.69 Å². The molecule has 2 rings (SSSR count). The number of nitrogens with one attached hydrogen (secondary N) is 1. The summed E-state index contributed by atoms with van der Waals surface area (Å²) < 4.78 is 0. The summed E-state index contributed by atoms with van der Waals surface area (Å²) in [6, 6.07) is 12.2. The van der Waals surface area contributed by atoms with E-state index < -0.39 is 0 Å². The maximum Gasteiger partial charge on any atom is 0.221 e. The zero-order valence-corrected chi connectivity index (χ0v) is 14.5. The molecule has 0 saturated carbocycles. The number of carbonyl (C=O) groups is 1. The number of anilines is 1. The highest BCUT2D eigenvalue weighted by atomic mass is 32.1. The van der Waals surface area contributed by atoms with E-state index >= 15 is 0 Å². The Bertz CT molecular complexity index is 592.